The quantitative estimate of drug-likeness (QED) is 0.126. The Hall–Kier alpha value is -7.30. The zero-order valence-corrected chi connectivity index (χ0v) is 31.8. The van der Waals surface area contributed by atoms with E-state index >= 15 is 0 Å². The topological polar surface area (TPSA) is 32.3 Å². The molecule has 4 nitrogen and oxygen atoms in total. The average molecular weight is 731 g/mol. The van der Waals surface area contributed by atoms with Crippen molar-refractivity contribution in [2.75, 3.05) is 9.80 Å². The summed E-state index contributed by atoms with van der Waals surface area (Å²) in [4.78, 5) is 14.3. The number of hydrogen-bond acceptors (Lipinski definition) is 4. The molecule has 0 aliphatic heterocycles. The number of para-hydroxylation sites is 2. The van der Waals surface area contributed by atoms with E-state index in [4.69, 9.17) is 0 Å². The molecule has 11 rings (SSSR count). The standard InChI is InChI=1S/C53H38N4/c1-53(2)47-24-12-11-21-41(47)44-33-45-46(34-48(44)53)52(57(38-19-7-4-8-20-38)40-26-28-50-36(32-40)16-14-30-55-50)43-23-10-9-22-42(43)51(45)56(37-17-5-3-6-18-37)39-25-27-49-35(31-39)15-13-29-54-49/h3-34H,1-2H3. The van der Waals surface area contributed by atoms with Gasteiger partial charge in [0.25, 0.3) is 0 Å². The minimum atomic E-state index is -0.195. The van der Waals surface area contributed by atoms with Gasteiger partial charge in [-0.15, -0.1) is 0 Å². The lowest BCUT2D eigenvalue weighted by Crippen LogP contribution is -2.17. The number of nitrogens with zero attached hydrogens (tertiary/aromatic N) is 4. The molecule has 0 bridgehead atoms. The third-order valence-corrected chi connectivity index (χ3v) is 11.8. The number of pyridine rings is 2. The van der Waals surface area contributed by atoms with Crippen LogP contribution in [0.15, 0.2) is 194 Å². The lowest BCUT2D eigenvalue weighted by molar-refractivity contribution is 0.661. The van der Waals surface area contributed by atoms with Crippen LogP contribution >= 0.6 is 0 Å². The van der Waals surface area contributed by atoms with E-state index in [0.717, 1.165) is 66.7 Å². The molecule has 0 saturated heterocycles. The summed E-state index contributed by atoms with van der Waals surface area (Å²) < 4.78 is 0. The van der Waals surface area contributed by atoms with Crippen molar-refractivity contribution < 1.29 is 0 Å². The lowest BCUT2D eigenvalue weighted by atomic mass is 9.81. The van der Waals surface area contributed by atoms with Crippen molar-refractivity contribution in [2.45, 2.75) is 19.3 Å². The molecule has 2 aromatic heterocycles. The van der Waals surface area contributed by atoms with E-state index in [1.807, 2.05) is 24.5 Å². The second-order valence-electron chi connectivity index (χ2n) is 15.5. The summed E-state index contributed by atoms with van der Waals surface area (Å²) in [5, 5.41) is 6.87. The molecule has 0 spiro atoms. The second-order valence-corrected chi connectivity index (χ2v) is 15.5. The van der Waals surface area contributed by atoms with Crippen LogP contribution in [0.3, 0.4) is 0 Å². The van der Waals surface area contributed by atoms with Gasteiger partial charge >= 0.3 is 0 Å². The summed E-state index contributed by atoms with van der Waals surface area (Å²) in [6.07, 6.45) is 3.72. The average Bonchev–Trinajstić information content (AvgIpc) is 3.49. The fraction of sp³-hybridized carbons (Fsp3) is 0.0566. The summed E-state index contributed by atoms with van der Waals surface area (Å²) in [5.41, 5.74) is 13.6. The van der Waals surface area contributed by atoms with Gasteiger partial charge in [0, 0.05) is 72.9 Å². The van der Waals surface area contributed by atoms with Crippen LogP contribution in [0.25, 0.3) is 54.5 Å². The van der Waals surface area contributed by atoms with E-state index in [1.165, 1.54) is 33.0 Å². The number of benzene rings is 8. The molecule has 8 aromatic carbocycles. The summed E-state index contributed by atoms with van der Waals surface area (Å²) in [5.74, 6) is 0. The van der Waals surface area contributed by atoms with Crippen LogP contribution < -0.4 is 9.80 Å². The van der Waals surface area contributed by atoms with E-state index in [9.17, 15) is 0 Å². The van der Waals surface area contributed by atoms with Crippen molar-refractivity contribution in [1.29, 1.82) is 0 Å². The van der Waals surface area contributed by atoms with Gasteiger partial charge < -0.3 is 9.80 Å². The van der Waals surface area contributed by atoms with Gasteiger partial charge in [-0.3, -0.25) is 9.97 Å². The molecular formula is C53H38N4. The van der Waals surface area contributed by atoms with Gasteiger partial charge in [-0.1, -0.05) is 111 Å². The summed E-state index contributed by atoms with van der Waals surface area (Å²) >= 11 is 0. The Balaban J connectivity index is 1.32. The predicted octanol–water partition coefficient (Wildman–Crippen LogP) is 14.3. The predicted molar refractivity (Wildman–Crippen MR) is 239 cm³/mol. The maximum atomic E-state index is 4.68. The minimum Gasteiger partial charge on any atom is -0.309 e. The van der Waals surface area contributed by atoms with Crippen molar-refractivity contribution in [1.82, 2.24) is 9.97 Å². The van der Waals surface area contributed by atoms with Gasteiger partial charge in [-0.05, 0) is 107 Å². The van der Waals surface area contributed by atoms with Crippen LogP contribution in [-0.2, 0) is 5.41 Å². The molecule has 0 radical (unpaired) electrons. The van der Waals surface area contributed by atoms with Crippen LogP contribution in [0.1, 0.15) is 25.0 Å². The molecule has 10 aromatic rings. The van der Waals surface area contributed by atoms with Gasteiger partial charge in [0.05, 0.1) is 22.4 Å². The van der Waals surface area contributed by atoms with Crippen LogP contribution in [0.5, 0.6) is 0 Å². The molecule has 0 unspecified atom stereocenters. The molecule has 1 aliphatic rings. The van der Waals surface area contributed by atoms with Gasteiger partial charge in [-0.2, -0.15) is 0 Å². The maximum Gasteiger partial charge on any atom is 0.0703 e. The highest BCUT2D eigenvalue weighted by molar-refractivity contribution is 6.24. The Morgan fingerprint density at radius 3 is 1.42 bits per heavy atom. The molecule has 270 valence electrons. The molecule has 0 saturated carbocycles. The highest BCUT2D eigenvalue weighted by atomic mass is 15.2. The van der Waals surface area contributed by atoms with Gasteiger partial charge in [0.1, 0.15) is 0 Å². The largest absolute Gasteiger partial charge is 0.309 e. The Morgan fingerprint density at radius 2 is 0.860 bits per heavy atom. The van der Waals surface area contributed by atoms with Crippen LogP contribution in [0.4, 0.5) is 34.1 Å². The molecule has 0 N–H and O–H groups in total. The minimum absolute atomic E-state index is 0.195. The number of anilines is 6. The Labute approximate surface area is 331 Å². The number of fused-ring (bicyclic) bond motifs is 7. The lowest BCUT2D eigenvalue weighted by Gasteiger charge is -2.33. The summed E-state index contributed by atoms with van der Waals surface area (Å²) in [6, 6.07) is 66.0. The van der Waals surface area contributed by atoms with Crippen molar-refractivity contribution in [2.24, 2.45) is 0 Å². The number of rotatable bonds is 6. The first-order chi connectivity index (χ1) is 28.0. The highest BCUT2D eigenvalue weighted by Crippen LogP contribution is 2.56. The monoisotopic (exact) mass is 730 g/mol. The molecule has 1 aliphatic carbocycles. The molecule has 0 atom stereocenters. The van der Waals surface area contributed by atoms with E-state index < -0.39 is 0 Å². The smallest absolute Gasteiger partial charge is 0.0703 e. The van der Waals surface area contributed by atoms with Crippen LogP contribution in [0.2, 0.25) is 0 Å². The van der Waals surface area contributed by atoms with Crippen LogP contribution in [-0.4, -0.2) is 9.97 Å². The van der Waals surface area contributed by atoms with Crippen molar-refractivity contribution in [3.05, 3.63) is 206 Å². The summed E-state index contributed by atoms with van der Waals surface area (Å²) in [7, 11) is 0. The molecule has 2 heterocycles. The van der Waals surface area contributed by atoms with E-state index in [-0.39, 0.29) is 5.41 Å². The van der Waals surface area contributed by atoms with Crippen molar-refractivity contribution in [3.63, 3.8) is 0 Å². The normalized spacial score (nSPS) is 12.9. The van der Waals surface area contributed by atoms with E-state index in [2.05, 4.69) is 203 Å². The van der Waals surface area contributed by atoms with Crippen molar-refractivity contribution in [3.8, 4) is 11.1 Å². The third-order valence-electron chi connectivity index (χ3n) is 11.8. The zero-order chi connectivity index (χ0) is 38.1. The Kier molecular flexibility index (Phi) is 7.48. The first kappa shape index (κ1) is 33.1. The molecule has 57 heavy (non-hydrogen) atoms. The molecule has 0 fully saturated rings. The highest BCUT2D eigenvalue weighted by Gasteiger charge is 2.37. The number of hydrogen-bond donors (Lipinski definition) is 0. The van der Waals surface area contributed by atoms with Gasteiger partial charge in [0.2, 0.25) is 0 Å². The van der Waals surface area contributed by atoms with Gasteiger partial charge in [-0.25, -0.2) is 0 Å². The molecule has 0 amide bonds. The SMILES string of the molecule is CC1(C)c2ccccc2-c2cc3c(N(c4ccccc4)c4ccc5ncccc5c4)c4ccccc4c(N(c4ccccc4)c4ccc5ncccc5c4)c3cc21. The fourth-order valence-corrected chi connectivity index (χ4v) is 9.18. The zero-order valence-electron chi connectivity index (χ0n) is 31.8. The van der Waals surface area contributed by atoms with Crippen LogP contribution in [0, 0.1) is 0 Å². The van der Waals surface area contributed by atoms with E-state index in [0.29, 0.717) is 0 Å². The molecular weight excluding hydrogens is 693 g/mol. The first-order valence-corrected chi connectivity index (χ1v) is 19.6. The van der Waals surface area contributed by atoms with Gasteiger partial charge in [0.15, 0.2) is 0 Å². The Bertz CT molecular complexity index is 3170. The second kappa shape index (κ2) is 12.9. The van der Waals surface area contributed by atoms with E-state index in [1.54, 1.807) is 0 Å². The number of aromatic nitrogens is 2. The molecule has 4 heteroatoms. The van der Waals surface area contributed by atoms with Crippen molar-refractivity contribution >= 4 is 77.5 Å². The first-order valence-electron chi connectivity index (χ1n) is 19.6. The third kappa shape index (κ3) is 5.22. The maximum absolute atomic E-state index is 4.68. The fourth-order valence-electron chi connectivity index (χ4n) is 9.18. The Morgan fingerprint density at radius 1 is 0.368 bits per heavy atom. The summed E-state index contributed by atoms with van der Waals surface area (Å²) in [6.45, 7) is 4.74.